The van der Waals surface area contributed by atoms with E-state index in [4.69, 9.17) is 10.2 Å². The number of rotatable bonds is 5. The summed E-state index contributed by atoms with van der Waals surface area (Å²) in [6, 6.07) is 6.92. The quantitative estimate of drug-likeness (QED) is 0.885. The minimum Gasteiger partial charge on any atom is -0.441 e. The Morgan fingerprint density at radius 2 is 2.05 bits per heavy atom. The lowest BCUT2D eigenvalue weighted by Gasteiger charge is -2.17. The maximum atomic E-state index is 12.0. The first-order chi connectivity index (χ1) is 10.0. The fraction of sp³-hybridized carbons (Fsp3) is 0.375. The van der Waals surface area contributed by atoms with Gasteiger partial charge in [-0.2, -0.15) is 0 Å². The van der Waals surface area contributed by atoms with Crippen molar-refractivity contribution in [1.29, 1.82) is 0 Å². The van der Waals surface area contributed by atoms with Gasteiger partial charge in [0.1, 0.15) is 0 Å². The Bertz CT molecular complexity index is 604. The zero-order valence-corrected chi connectivity index (χ0v) is 12.6. The number of anilines is 1. The van der Waals surface area contributed by atoms with E-state index in [1.54, 1.807) is 13.1 Å². The Morgan fingerprint density at radius 3 is 2.57 bits per heavy atom. The van der Waals surface area contributed by atoms with Crippen LogP contribution in [0.15, 0.2) is 34.9 Å². The number of nitrogens with one attached hydrogen (secondary N) is 1. The number of benzene rings is 1. The normalized spacial score (nSPS) is 13.7. The molecule has 5 heteroatoms. The van der Waals surface area contributed by atoms with Gasteiger partial charge in [0.2, 0.25) is 5.91 Å². The molecule has 0 spiro atoms. The number of nitrogens with zero attached hydrogens (tertiary/aromatic N) is 1. The number of oxazole rings is 1. The van der Waals surface area contributed by atoms with E-state index in [0.717, 1.165) is 17.7 Å². The molecule has 0 saturated heterocycles. The summed E-state index contributed by atoms with van der Waals surface area (Å²) < 4.78 is 5.46. The summed E-state index contributed by atoms with van der Waals surface area (Å²) in [5.74, 6) is 1.33. The molecular formula is C16H21N3O2. The monoisotopic (exact) mass is 287 g/mol. The Balaban J connectivity index is 2.04. The van der Waals surface area contributed by atoms with E-state index in [0.29, 0.717) is 11.7 Å². The lowest BCUT2D eigenvalue weighted by Crippen LogP contribution is -2.40. The van der Waals surface area contributed by atoms with Gasteiger partial charge in [-0.1, -0.05) is 20.3 Å². The minimum atomic E-state index is -0.494. The predicted octanol–water partition coefficient (Wildman–Crippen LogP) is 2.96. The molecule has 112 valence electrons. The topological polar surface area (TPSA) is 81.2 Å². The molecule has 1 heterocycles. The molecule has 0 saturated carbocycles. The average molecular weight is 287 g/mol. The molecule has 0 aliphatic heterocycles. The highest BCUT2D eigenvalue weighted by molar-refractivity contribution is 5.95. The zero-order chi connectivity index (χ0) is 15.4. The van der Waals surface area contributed by atoms with Crippen LogP contribution >= 0.6 is 0 Å². The average Bonchev–Trinajstić information content (AvgIpc) is 2.93. The molecule has 5 nitrogen and oxygen atoms in total. The molecule has 1 amide bonds. The van der Waals surface area contributed by atoms with Gasteiger partial charge < -0.3 is 15.5 Å². The van der Waals surface area contributed by atoms with Gasteiger partial charge in [-0.15, -0.1) is 0 Å². The van der Waals surface area contributed by atoms with E-state index in [1.807, 2.05) is 38.1 Å². The molecule has 2 unspecified atom stereocenters. The van der Waals surface area contributed by atoms with Gasteiger partial charge in [-0.05, 0) is 30.2 Å². The lowest BCUT2D eigenvalue weighted by atomic mass is 9.99. The third kappa shape index (κ3) is 3.70. The minimum absolute atomic E-state index is 0.154. The molecule has 0 aliphatic rings. The highest BCUT2D eigenvalue weighted by Crippen LogP contribution is 2.22. The van der Waals surface area contributed by atoms with Crippen molar-refractivity contribution in [3.05, 3.63) is 36.4 Å². The third-order valence-electron chi connectivity index (χ3n) is 3.62. The molecule has 0 fully saturated rings. The van der Waals surface area contributed by atoms with Gasteiger partial charge in [-0.25, -0.2) is 4.98 Å². The maximum absolute atomic E-state index is 12.0. The van der Waals surface area contributed by atoms with Crippen molar-refractivity contribution < 1.29 is 9.21 Å². The number of nitrogens with two attached hydrogens (primary N) is 1. The largest absolute Gasteiger partial charge is 0.441 e. The van der Waals surface area contributed by atoms with Gasteiger partial charge in [-0.3, -0.25) is 4.79 Å². The van der Waals surface area contributed by atoms with E-state index in [1.165, 1.54) is 0 Å². The summed E-state index contributed by atoms with van der Waals surface area (Å²) in [5.41, 5.74) is 7.55. The second-order valence-electron chi connectivity index (χ2n) is 5.22. The second kappa shape index (κ2) is 6.54. The van der Waals surface area contributed by atoms with Crippen LogP contribution in [0.1, 0.15) is 26.2 Å². The van der Waals surface area contributed by atoms with Gasteiger partial charge in [0.15, 0.2) is 11.7 Å². The molecule has 2 atom stereocenters. The van der Waals surface area contributed by atoms with Crippen molar-refractivity contribution in [2.45, 2.75) is 33.2 Å². The fourth-order valence-electron chi connectivity index (χ4n) is 1.95. The summed E-state index contributed by atoms with van der Waals surface area (Å²) in [4.78, 5) is 16.1. The molecule has 0 radical (unpaired) electrons. The molecule has 0 aliphatic carbocycles. The van der Waals surface area contributed by atoms with Crippen LogP contribution in [-0.4, -0.2) is 16.9 Å². The van der Waals surface area contributed by atoms with E-state index in [9.17, 15) is 4.79 Å². The number of hydrogen-bond acceptors (Lipinski definition) is 4. The third-order valence-corrected chi connectivity index (χ3v) is 3.62. The van der Waals surface area contributed by atoms with Crippen LogP contribution in [0.3, 0.4) is 0 Å². The van der Waals surface area contributed by atoms with Gasteiger partial charge in [0.05, 0.1) is 12.2 Å². The summed E-state index contributed by atoms with van der Waals surface area (Å²) in [6.07, 6.45) is 2.56. The molecule has 21 heavy (non-hydrogen) atoms. The highest BCUT2D eigenvalue weighted by Gasteiger charge is 2.19. The van der Waals surface area contributed by atoms with Crippen molar-refractivity contribution in [2.24, 2.45) is 11.7 Å². The molecule has 2 rings (SSSR count). The van der Waals surface area contributed by atoms with Gasteiger partial charge >= 0.3 is 0 Å². The smallest absolute Gasteiger partial charge is 0.241 e. The SMILES string of the molecule is CCC(C)C(N)C(=O)Nc1ccc(-c2cnc(C)o2)cc1. The summed E-state index contributed by atoms with van der Waals surface area (Å²) >= 11 is 0. The molecule has 2 aromatic rings. The van der Waals surface area contributed by atoms with Crippen LogP contribution in [0.2, 0.25) is 0 Å². The maximum Gasteiger partial charge on any atom is 0.241 e. The van der Waals surface area contributed by atoms with Crippen molar-refractivity contribution in [1.82, 2.24) is 4.98 Å². The summed E-state index contributed by atoms with van der Waals surface area (Å²) in [5, 5.41) is 2.83. The van der Waals surface area contributed by atoms with Crippen molar-refractivity contribution in [3.8, 4) is 11.3 Å². The number of carbonyl (C=O) groups excluding carboxylic acids is 1. The van der Waals surface area contributed by atoms with Crippen molar-refractivity contribution >= 4 is 11.6 Å². The van der Waals surface area contributed by atoms with Gasteiger partial charge in [0.25, 0.3) is 0 Å². The first kappa shape index (κ1) is 15.3. The number of aromatic nitrogens is 1. The second-order valence-corrected chi connectivity index (χ2v) is 5.22. The number of aryl methyl sites for hydroxylation is 1. The fourth-order valence-corrected chi connectivity index (χ4v) is 1.95. The first-order valence-corrected chi connectivity index (χ1v) is 7.10. The van der Waals surface area contributed by atoms with Crippen LogP contribution in [0.4, 0.5) is 5.69 Å². The highest BCUT2D eigenvalue weighted by atomic mass is 16.4. The Kier molecular flexibility index (Phi) is 4.75. The summed E-state index contributed by atoms with van der Waals surface area (Å²) in [6.45, 7) is 5.79. The Labute approximate surface area is 124 Å². The zero-order valence-electron chi connectivity index (χ0n) is 12.6. The van der Waals surface area contributed by atoms with Crippen molar-refractivity contribution in [2.75, 3.05) is 5.32 Å². The number of carbonyl (C=O) groups is 1. The van der Waals surface area contributed by atoms with Crippen LogP contribution in [0.5, 0.6) is 0 Å². The molecule has 1 aromatic carbocycles. The first-order valence-electron chi connectivity index (χ1n) is 7.10. The lowest BCUT2D eigenvalue weighted by molar-refractivity contribution is -0.118. The Morgan fingerprint density at radius 1 is 1.38 bits per heavy atom. The van der Waals surface area contributed by atoms with E-state index in [2.05, 4.69) is 10.3 Å². The van der Waals surface area contributed by atoms with E-state index < -0.39 is 6.04 Å². The van der Waals surface area contributed by atoms with Crippen LogP contribution < -0.4 is 11.1 Å². The molecule has 0 bridgehead atoms. The number of amides is 1. The van der Waals surface area contributed by atoms with E-state index >= 15 is 0 Å². The van der Waals surface area contributed by atoms with Gasteiger partial charge in [0, 0.05) is 18.2 Å². The predicted molar refractivity (Wildman–Crippen MR) is 82.7 cm³/mol. The number of hydrogen-bond donors (Lipinski definition) is 2. The Hall–Kier alpha value is -2.14. The molecule has 1 aromatic heterocycles. The summed E-state index contributed by atoms with van der Waals surface area (Å²) in [7, 11) is 0. The van der Waals surface area contributed by atoms with Crippen LogP contribution in [0, 0.1) is 12.8 Å². The van der Waals surface area contributed by atoms with E-state index in [-0.39, 0.29) is 11.8 Å². The standard InChI is InChI=1S/C16H21N3O2/c1-4-10(2)15(17)16(20)19-13-7-5-12(6-8-13)14-9-18-11(3)21-14/h5-10,15H,4,17H2,1-3H3,(H,19,20). The van der Waals surface area contributed by atoms with Crippen LogP contribution in [0.25, 0.3) is 11.3 Å². The molecular weight excluding hydrogens is 266 g/mol. The van der Waals surface area contributed by atoms with Crippen LogP contribution in [-0.2, 0) is 4.79 Å². The van der Waals surface area contributed by atoms with Crippen molar-refractivity contribution in [3.63, 3.8) is 0 Å². The molecule has 3 N–H and O–H groups in total.